The molecule has 1 aromatic heterocycles. The molecule has 4 aromatic rings. The van der Waals surface area contributed by atoms with E-state index in [0.717, 1.165) is 12.1 Å². The summed E-state index contributed by atoms with van der Waals surface area (Å²) in [6, 6.07) is 22.3. The van der Waals surface area contributed by atoms with E-state index in [2.05, 4.69) is 15.3 Å². The number of hydrogen-bond donors (Lipinski definition) is 1. The molecule has 1 aliphatic rings. The third-order valence-electron chi connectivity index (χ3n) is 7.85. The maximum atomic E-state index is 14.0. The van der Waals surface area contributed by atoms with Crippen molar-refractivity contribution in [1.29, 1.82) is 0 Å². The van der Waals surface area contributed by atoms with Crippen molar-refractivity contribution in [3.8, 4) is 0 Å². The van der Waals surface area contributed by atoms with Gasteiger partial charge in [-0.05, 0) is 48.4 Å². The molecule has 9 nitrogen and oxygen atoms in total. The molecule has 1 N–H and O–H groups in total. The number of imidazole rings is 1. The van der Waals surface area contributed by atoms with E-state index in [1.54, 1.807) is 53.1 Å². The lowest BCUT2D eigenvalue weighted by Gasteiger charge is -2.30. The molecule has 0 atom stereocenters. The van der Waals surface area contributed by atoms with Gasteiger partial charge in [0.05, 0.1) is 18.2 Å². The van der Waals surface area contributed by atoms with Crippen LogP contribution in [-0.4, -0.2) is 40.2 Å². The first-order chi connectivity index (χ1) is 22.7. The third kappa shape index (κ3) is 8.32. The first-order valence-electron chi connectivity index (χ1n) is 15.1. The average Bonchev–Trinajstić information content (AvgIpc) is 3.39. The van der Waals surface area contributed by atoms with Gasteiger partial charge in [-0.25, -0.2) is 4.98 Å². The number of nitrogens with one attached hydrogen (secondary N) is 1. The molecule has 0 saturated heterocycles. The summed E-state index contributed by atoms with van der Waals surface area (Å²) in [5, 5.41) is 2.96. The monoisotopic (exact) mass is 646 g/mol. The van der Waals surface area contributed by atoms with Gasteiger partial charge in [0.15, 0.2) is 11.1 Å². The Labute approximate surface area is 269 Å². The molecule has 0 aliphatic carbocycles. The lowest BCUT2D eigenvalue weighted by molar-refractivity contribution is -0.175. The zero-order valence-corrected chi connectivity index (χ0v) is 25.4. The SMILES string of the molecule is O=C1CN=CNc2c1ncn2CCCCC(Cc1cccc(C(F)(F)F)c1)(C(=O)OCc1ccccc1)C(=O)OCc1ccccc1. The third-order valence-corrected chi connectivity index (χ3v) is 7.85. The number of aryl methyl sites for hydroxylation is 1. The van der Waals surface area contributed by atoms with Crippen LogP contribution < -0.4 is 5.32 Å². The number of carbonyl (C=O) groups excluding carboxylic acids is 3. The van der Waals surface area contributed by atoms with Crippen LogP contribution in [0.4, 0.5) is 19.0 Å². The maximum Gasteiger partial charge on any atom is 0.416 e. The Hall–Kier alpha value is -5.26. The second-order valence-corrected chi connectivity index (χ2v) is 11.2. The molecule has 0 spiro atoms. The summed E-state index contributed by atoms with van der Waals surface area (Å²) in [5.74, 6) is -1.54. The second kappa shape index (κ2) is 14.9. The van der Waals surface area contributed by atoms with Crippen LogP contribution in [0.5, 0.6) is 0 Å². The molecule has 0 bridgehead atoms. The molecular formula is C35H33F3N4O5. The molecule has 0 fully saturated rings. The lowest BCUT2D eigenvalue weighted by atomic mass is 9.77. The van der Waals surface area contributed by atoms with Crippen LogP contribution in [0.1, 0.15) is 52.0 Å². The van der Waals surface area contributed by atoms with Crippen molar-refractivity contribution in [1.82, 2.24) is 9.55 Å². The van der Waals surface area contributed by atoms with Crippen molar-refractivity contribution in [2.45, 2.75) is 51.6 Å². The number of unbranched alkanes of at least 4 members (excludes halogenated alkanes) is 1. The number of esters is 2. The van der Waals surface area contributed by atoms with Crippen LogP contribution in [0.25, 0.3) is 0 Å². The van der Waals surface area contributed by atoms with E-state index in [0.29, 0.717) is 29.9 Å². The summed E-state index contributed by atoms with van der Waals surface area (Å²) in [4.78, 5) is 48.6. The molecule has 12 heteroatoms. The van der Waals surface area contributed by atoms with Crippen LogP contribution in [0.2, 0.25) is 0 Å². The minimum atomic E-state index is -4.62. The smallest absolute Gasteiger partial charge is 0.416 e. The predicted molar refractivity (Wildman–Crippen MR) is 167 cm³/mol. The number of nitrogens with zero attached hydrogens (tertiary/aromatic N) is 3. The van der Waals surface area contributed by atoms with Gasteiger partial charge in [0.2, 0.25) is 5.78 Å². The lowest BCUT2D eigenvalue weighted by Crippen LogP contribution is -2.44. The van der Waals surface area contributed by atoms with E-state index in [9.17, 15) is 27.6 Å². The Morgan fingerprint density at radius 1 is 0.830 bits per heavy atom. The number of ketones is 1. The number of aliphatic imine (C=N–C) groups is 1. The van der Waals surface area contributed by atoms with Gasteiger partial charge in [0.25, 0.3) is 0 Å². The summed E-state index contributed by atoms with van der Waals surface area (Å²) < 4.78 is 54.1. The first kappa shape index (κ1) is 33.1. The highest BCUT2D eigenvalue weighted by atomic mass is 19.4. The Morgan fingerprint density at radius 2 is 1.45 bits per heavy atom. The average molecular weight is 647 g/mol. The van der Waals surface area contributed by atoms with Crippen molar-refractivity contribution in [2.24, 2.45) is 10.4 Å². The number of Topliss-reactive ketones (excluding diaryl/α,β-unsaturated/α-hetero) is 1. The Balaban J connectivity index is 1.43. The first-order valence-corrected chi connectivity index (χ1v) is 15.1. The van der Waals surface area contributed by atoms with Gasteiger partial charge in [0, 0.05) is 6.54 Å². The minimum Gasteiger partial charge on any atom is -0.460 e. The number of ether oxygens (including phenoxy) is 2. The van der Waals surface area contributed by atoms with E-state index in [-0.39, 0.29) is 56.1 Å². The van der Waals surface area contributed by atoms with Gasteiger partial charge in [-0.15, -0.1) is 0 Å². The number of carbonyl (C=O) groups is 3. The molecule has 1 aliphatic heterocycles. The second-order valence-electron chi connectivity index (χ2n) is 11.2. The highest BCUT2D eigenvalue weighted by Crippen LogP contribution is 2.36. The maximum absolute atomic E-state index is 14.0. The molecular weight excluding hydrogens is 613 g/mol. The molecule has 0 saturated carbocycles. The fraction of sp³-hybridized carbons (Fsp3) is 0.286. The van der Waals surface area contributed by atoms with Crippen molar-refractivity contribution in [3.63, 3.8) is 0 Å². The fourth-order valence-electron chi connectivity index (χ4n) is 5.38. The number of anilines is 1. The molecule has 47 heavy (non-hydrogen) atoms. The number of rotatable bonds is 13. The summed E-state index contributed by atoms with van der Waals surface area (Å²) in [7, 11) is 0. The number of aromatic nitrogens is 2. The van der Waals surface area contributed by atoms with Gasteiger partial charge in [-0.2, -0.15) is 13.2 Å². The number of alkyl halides is 3. The van der Waals surface area contributed by atoms with Crippen LogP contribution in [0.15, 0.2) is 96.2 Å². The quantitative estimate of drug-likeness (QED) is 0.101. The standard InChI is InChI=1S/C35H33F3N4O5/c36-35(37,38)28-15-9-14-27(18-28)19-34(32(44)46-21-25-10-3-1-4-11-25,33(45)47-22-26-12-5-2-6-13-26)16-7-8-17-42-24-41-30-29(43)20-39-23-40-31(30)42/h1-6,9-15,18,23-24H,7-8,16-17,19-22H2,(H,39,40). The Bertz CT molecular complexity index is 1670. The zero-order valence-electron chi connectivity index (χ0n) is 25.4. The van der Waals surface area contributed by atoms with E-state index >= 15 is 0 Å². The fourth-order valence-corrected chi connectivity index (χ4v) is 5.38. The topological polar surface area (TPSA) is 112 Å². The summed E-state index contributed by atoms with van der Waals surface area (Å²) in [6.07, 6.45) is -1.41. The molecule has 3 aromatic carbocycles. The van der Waals surface area contributed by atoms with Crippen LogP contribution in [0.3, 0.4) is 0 Å². The summed E-state index contributed by atoms with van der Waals surface area (Å²) in [5.41, 5.74) is -1.10. The molecule has 0 radical (unpaired) electrons. The molecule has 0 amide bonds. The summed E-state index contributed by atoms with van der Waals surface area (Å²) >= 11 is 0. The normalized spacial score (nSPS) is 13.0. The van der Waals surface area contributed by atoms with Crippen molar-refractivity contribution < 1.29 is 37.0 Å². The van der Waals surface area contributed by atoms with E-state index in [4.69, 9.17) is 9.47 Å². The van der Waals surface area contributed by atoms with Crippen LogP contribution in [-0.2, 0) is 51.4 Å². The van der Waals surface area contributed by atoms with Gasteiger partial charge < -0.3 is 19.4 Å². The predicted octanol–water partition coefficient (Wildman–Crippen LogP) is 6.42. The van der Waals surface area contributed by atoms with Gasteiger partial charge in [-0.3, -0.25) is 19.4 Å². The molecule has 0 unspecified atom stereocenters. The van der Waals surface area contributed by atoms with Crippen LogP contribution in [0, 0.1) is 5.41 Å². The number of hydrogen-bond acceptors (Lipinski definition) is 8. The molecule has 2 heterocycles. The number of fused-ring (bicyclic) bond motifs is 1. The highest BCUT2D eigenvalue weighted by molar-refractivity contribution is 6.04. The van der Waals surface area contributed by atoms with Crippen molar-refractivity contribution in [2.75, 3.05) is 11.9 Å². The van der Waals surface area contributed by atoms with E-state index < -0.39 is 29.1 Å². The van der Waals surface area contributed by atoms with Crippen molar-refractivity contribution >= 4 is 29.9 Å². The molecule has 5 rings (SSSR count). The summed E-state index contributed by atoms with van der Waals surface area (Å²) in [6.45, 7) is 0.0658. The van der Waals surface area contributed by atoms with E-state index in [1.807, 2.05) is 12.1 Å². The van der Waals surface area contributed by atoms with Crippen molar-refractivity contribution in [3.05, 3.63) is 119 Å². The largest absolute Gasteiger partial charge is 0.460 e. The number of benzene rings is 3. The van der Waals surface area contributed by atoms with Gasteiger partial charge in [0.1, 0.15) is 25.6 Å². The van der Waals surface area contributed by atoms with Gasteiger partial charge >= 0.3 is 18.1 Å². The van der Waals surface area contributed by atoms with Gasteiger partial charge in [-0.1, -0.05) is 78.9 Å². The van der Waals surface area contributed by atoms with E-state index in [1.165, 1.54) is 24.8 Å². The Morgan fingerprint density at radius 3 is 2.06 bits per heavy atom. The number of halogens is 3. The van der Waals surface area contributed by atoms with Crippen LogP contribution >= 0.6 is 0 Å². The minimum absolute atomic E-state index is 0.0226. The molecule has 244 valence electrons. The highest BCUT2D eigenvalue weighted by Gasteiger charge is 2.49. The zero-order chi connectivity index (χ0) is 33.3. The Kier molecular flexibility index (Phi) is 10.5.